The predicted molar refractivity (Wildman–Crippen MR) is 101 cm³/mol. The summed E-state index contributed by atoms with van der Waals surface area (Å²) in [6.07, 6.45) is 0.914. The van der Waals surface area contributed by atoms with Crippen molar-refractivity contribution in [3.8, 4) is 0 Å². The Morgan fingerprint density at radius 2 is 1.92 bits per heavy atom. The molecule has 4 rings (SSSR count). The van der Waals surface area contributed by atoms with Crippen LogP contribution in [0.15, 0.2) is 60.7 Å². The lowest BCUT2D eigenvalue weighted by Crippen LogP contribution is -2.11. The molecule has 0 atom stereocenters. The van der Waals surface area contributed by atoms with E-state index in [2.05, 4.69) is 17.2 Å². The molecule has 24 heavy (non-hydrogen) atoms. The second-order valence-electron chi connectivity index (χ2n) is 5.62. The zero-order valence-electron chi connectivity index (χ0n) is 13.2. The molecular formula is C20H16N2OS. The van der Waals surface area contributed by atoms with E-state index in [0.717, 1.165) is 38.1 Å². The maximum atomic E-state index is 12.7. The Labute approximate surface area is 144 Å². The summed E-state index contributed by atoms with van der Waals surface area (Å²) >= 11 is 1.65. The van der Waals surface area contributed by atoms with Crippen LogP contribution in [0.1, 0.15) is 22.3 Å². The van der Waals surface area contributed by atoms with E-state index in [4.69, 9.17) is 0 Å². The van der Waals surface area contributed by atoms with Gasteiger partial charge in [-0.1, -0.05) is 43.3 Å². The number of carbonyl (C=O) groups excluding carboxylic acids is 1. The summed E-state index contributed by atoms with van der Waals surface area (Å²) < 4.78 is 1.05. The van der Waals surface area contributed by atoms with Crippen molar-refractivity contribution in [1.29, 1.82) is 0 Å². The first kappa shape index (κ1) is 14.8. The van der Waals surface area contributed by atoms with E-state index in [1.165, 1.54) is 0 Å². The van der Waals surface area contributed by atoms with Crippen LogP contribution in [0.5, 0.6) is 0 Å². The third-order valence-electron chi connectivity index (χ3n) is 4.04. The van der Waals surface area contributed by atoms with Crippen molar-refractivity contribution >= 4 is 43.9 Å². The molecule has 0 aliphatic heterocycles. The summed E-state index contributed by atoms with van der Waals surface area (Å²) in [5.41, 5.74) is 2.44. The second kappa shape index (κ2) is 6.06. The monoisotopic (exact) mass is 332 g/mol. The van der Waals surface area contributed by atoms with Crippen LogP contribution >= 0.6 is 11.3 Å². The molecule has 3 nitrogen and oxygen atoms in total. The summed E-state index contributed by atoms with van der Waals surface area (Å²) in [7, 11) is 0. The average molecular weight is 332 g/mol. The fourth-order valence-electron chi connectivity index (χ4n) is 2.79. The summed E-state index contributed by atoms with van der Waals surface area (Å²) in [6.45, 7) is 2.09. The van der Waals surface area contributed by atoms with Crippen LogP contribution in [0.3, 0.4) is 0 Å². The summed E-state index contributed by atoms with van der Waals surface area (Å²) in [5, 5.41) is 6.28. The number of aryl methyl sites for hydroxylation is 1. The molecule has 0 saturated carbocycles. The molecule has 1 N–H and O–H groups in total. The fourth-order valence-corrected chi connectivity index (χ4v) is 3.74. The Kier molecular flexibility index (Phi) is 3.75. The largest absolute Gasteiger partial charge is 0.321 e. The number of thiazole rings is 1. The van der Waals surface area contributed by atoms with Gasteiger partial charge >= 0.3 is 0 Å². The van der Waals surface area contributed by atoms with Crippen molar-refractivity contribution in [2.24, 2.45) is 0 Å². The molecule has 0 bridgehead atoms. The molecule has 118 valence electrons. The molecule has 1 aromatic heterocycles. The van der Waals surface area contributed by atoms with E-state index in [0.29, 0.717) is 5.56 Å². The van der Waals surface area contributed by atoms with Crippen molar-refractivity contribution in [3.63, 3.8) is 0 Å². The Balaban J connectivity index is 1.68. The van der Waals surface area contributed by atoms with E-state index in [1.807, 2.05) is 60.7 Å². The number of aromatic nitrogens is 1. The number of rotatable bonds is 3. The van der Waals surface area contributed by atoms with Crippen LogP contribution in [-0.2, 0) is 6.42 Å². The smallest absolute Gasteiger partial charge is 0.255 e. The SMILES string of the molecule is CCc1nc2ccc(C(=O)Nc3cccc4ccccc34)cc2s1. The molecule has 0 aliphatic carbocycles. The molecule has 1 amide bonds. The average Bonchev–Trinajstić information content (AvgIpc) is 3.04. The lowest BCUT2D eigenvalue weighted by molar-refractivity contribution is 0.102. The molecular weight excluding hydrogens is 316 g/mol. The van der Waals surface area contributed by atoms with Gasteiger partial charge in [-0.15, -0.1) is 11.3 Å². The Hall–Kier alpha value is -2.72. The van der Waals surface area contributed by atoms with Gasteiger partial charge in [0.15, 0.2) is 0 Å². The molecule has 0 spiro atoms. The van der Waals surface area contributed by atoms with Crippen LogP contribution < -0.4 is 5.32 Å². The molecule has 1 heterocycles. The van der Waals surface area contributed by atoms with E-state index in [9.17, 15) is 4.79 Å². The van der Waals surface area contributed by atoms with Gasteiger partial charge in [-0.25, -0.2) is 4.98 Å². The van der Waals surface area contributed by atoms with Gasteiger partial charge < -0.3 is 5.32 Å². The van der Waals surface area contributed by atoms with Crippen LogP contribution in [0.2, 0.25) is 0 Å². The minimum atomic E-state index is -0.0975. The van der Waals surface area contributed by atoms with Gasteiger partial charge in [0.25, 0.3) is 5.91 Å². The Morgan fingerprint density at radius 3 is 2.79 bits per heavy atom. The van der Waals surface area contributed by atoms with Crippen LogP contribution in [0, 0.1) is 0 Å². The maximum Gasteiger partial charge on any atom is 0.255 e. The van der Waals surface area contributed by atoms with E-state index < -0.39 is 0 Å². The first-order valence-electron chi connectivity index (χ1n) is 7.93. The third-order valence-corrected chi connectivity index (χ3v) is 5.20. The van der Waals surface area contributed by atoms with Gasteiger partial charge in [0.2, 0.25) is 0 Å². The number of hydrogen-bond acceptors (Lipinski definition) is 3. The van der Waals surface area contributed by atoms with Crippen molar-refractivity contribution in [2.75, 3.05) is 5.32 Å². The van der Waals surface area contributed by atoms with Gasteiger partial charge in [0.1, 0.15) is 0 Å². The predicted octanol–water partition coefficient (Wildman–Crippen LogP) is 5.26. The van der Waals surface area contributed by atoms with E-state index in [-0.39, 0.29) is 5.91 Å². The van der Waals surface area contributed by atoms with Gasteiger partial charge in [-0.2, -0.15) is 0 Å². The molecule has 0 saturated heterocycles. The van der Waals surface area contributed by atoms with Crippen molar-refractivity contribution in [1.82, 2.24) is 4.98 Å². The highest BCUT2D eigenvalue weighted by Gasteiger charge is 2.11. The molecule has 0 unspecified atom stereocenters. The van der Waals surface area contributed by atoms with Crippen LogP contribution in [0.25, 0.3) is 21.0 Å². The molecule has 3 aromatic carbocycles. The maximum absolute atomic E-state index is 12.7. The number of hydrogen-bond donors (Lipinski definition) is 1. The lowest BCUT2D eigenvalue weighted by atomic mass is 10.1. The number of fused-ring (bicyclic) bond motifs is 2. The lowest BCUT2D eigenvalue weighted by Gasteiger charge is -2.08. The summed E-state index contributed by atoms with van der Waals surface area (Å²) in [4.78, 5) is 17.2. The minimum Gasteiger partial charge on any atom is -0.321 e. The number of nitrogens with one attached hydrogen (secondary N) is 1. The number of amides is 1. The van der Waals surface area contributed by atoms with Crippen LogP contribution in [0.4, 0.5) is 5.69 Å². The third kappa shape index (κ3) is 2.65. The Morgan fingerprint density at radius 1 is 1.08 bits per heavy atom. The van der Waals surface area contributed by atoms with Crippen molar-refractivity contribution in [2.45, 2.75) is 13.3 Å². The standard InChI is InChI=1S/C20H16N2OS/c1-2-19-21-17-11-10-14(12-18(17)24-19)20(23)22-16-9-5-7-13-6-3-4-8-15(13)16/h3-12H,2H2,1H3,(H,22,23). The molecule has 0 radical (unpaired) electrons. The van der Waals surface area contributed by atoms with Gasteiger partial charge in [-0.3, -0.25) is 4.79 Å². The van der Waals surface area contributed by atoms with Gasteiger partial charge in [0, 0.05) is 16.6 Å². The molecule has 0 fully saturated rings. The molecule has 4 heteroatoms. The highest BCUT2D eigenvalue weighted by atomic mass is 32.1. The van der Waals surface area contributed by atoms with E-state index >= 15 is 0 Å². The normalized spacial score (nSPS) is 11.0. The topological polar surface area (TPSA) is 42.0 Å². The highest BCUT2D eigenvalue weighted by Crippen LogP contribution is 2.26. The van der Waals surface area contributed by atoms with Gasteiger partial charge in [0.05, 0.1) is 15.2 Å². The number of carbonyl (C=O) groups is 1. The van der Waals surface area contributed by atoms with E-state index in [1.54, 1.807) is 11.3 Å². The van der Waals surface area contributed by atoms with Gasteiger partial charge in [-0.05, 0) is 36.1 Å². The summed E-state index contributed by atoms with van der Waals surface area (Å²) in [5.74, 6) is -0.0975. The first-order chi connectivity index (χ1) is 11.7. The fraction of sp³-hybridized carbons (Fsp3) is 0.100. The van der Waals surface area contributed by atoms with Crippen molar-refractivity contribution < 1.29 is 4.79 Å². The van der Waals surface area contributed by atoms with Crippen molar-refractivity contribution in [3.05, 3.63) is 71.2 Å². The molecule has 0 aliphatic rings. The zero-order chi connectivity index (χ0) is 16.5. The van der Waals surface area contributed by atoms with Crippen LogP contribution in [-0.4, -0.2) is 10.9 Å². The Bertz CT molecular complexity index is 1050. The highest BCUT2D eigenvalue weighted by molar-refractivity contribution is 7.18. The summed E-state index contributed by atoms with van der Waals surface area (Å²) in [6, 6.07) is 19.6. The number of nitrogens with zero attached hydrogens (tertiary/aromatic N) is 1. The quantitative estimate of drug-likeness (QED) is 0.556. The molecule has 4 aromatic rings. The second-order valence-corrected chi connectivity index (χ2v) is 6.74. The minimum absolute atomic E-state index is 0.0975. The number of benzene rings is 3. The zero-order valence-corrected chi connectivity index (χ0v) is 14.1. The number of anilines is 1. The first-order valence-corrected chi connectivity index (χ1v) is 8.75.